The van der Waals surface area contributed by atoms with Crippen molar-refractivity contribution in [2.24, 2.45) is 17.8 Å². The number of fused-ring (bicyclic) bond motifs is 6. The summed E-state index contributed by atoms with van der Waals surface area (Å²) in [6.45, 7) is 19.8. The third-order valence-corrected chi connectivity index (χ3v) is 11.4. The van der Waals surface area contributed by atoms with Crippen molar-refractivity contribution in [2.75, 3.05) is 57.2 Å². The van der Waals surface area contributed by atoms with Gasteiger partial charge in [-0.1, -0.05) is 52.8 Å². The lowest BCUT2D eigenvalue weighted by Crippen LogP contribution is -2.47. The number of hydrogen-bond donors (Lipinski definition) is 3. The average molecular weight is 871 g/mol. The van der Waals surface area contributed by atoms with Crippen LogP contribution in [0.4, 0.5) is 11.4 Å². The summed E-state index contributed by atoms with van der Waals surface area (Å²) >= 11 is 0. The number of carbonyl (C=O) groups is 2. The van der Waals surface area contributed by atoms with Crippen LogP contribution in [-0.4, -0.2) is 97.1 Å². The molecule has 6 rings (SSSR count). The number of piperazine rings is 1. The van der Waals surface area contributed by atoms with Crippen LogP contribution in [0, 0.1) is 24.7 Å². The normalized spacial score (nSPS) is 18.8. The Morgan fingerprint density at radius 1 is 0.984 bits per heavy atom. The standard InChI is InChI=1S/C47H58N4O12/c1-24(2)23-50-16-18-51(19-17-50)30-21-31(53)37-33(22-30)62-43-38(48-37)34-35(41(55)39(43)49-45(57)26(5)13-12-14-27(6)46(59-11)61-29(8)52)40(54)28(7)42-36(34)44(56)47(9,63-42)60-20-15-32(58-10)25(3)4/h12-15,20-22,24-25,27,32,46,54,56H,16-19,23H2,1-11H3,(H,49,57)/b14-12+,20-15+,26-13-/t27-,32-,46?,47-/m0/s1. The van der Waals surface area contributed by atoms with Gasteiger partial charge in [0.2, 0.25) is 17.1 Å². The molecule has 2 aliphatic rings. The average Bonchev–Trinajstić information content (AvgIpc) is 3.49. The van der Waals surface area contributed by atoms with Crippen molar-refractivity contribution in [2.45, 2.75) is 80.5 Å². The number of phenols is 1. The highest BCUT2D eigenvalue weighted by Crippen LogP contribution is 2.42. The van der Waals surface area contributed by atoms with Gasteiger partial charge >= 0.3 is 11.8 Å². The van der Waals surface area contributed by atoms with Gasteiger partial charge in [-0.05, 0) is 31.8 Å². The zero-order chi connectivity index (χ0) is 46.1. The van der Waals surface area contributed by atoms with Crippen molar-refractivity contribution in [3.05, 3.63) is 79.5 Å². The molecule has 3 aromatic carbocycles. The van der Waals surface area contributed by atoms with Crippen LogP contribution in [0.2, 0.25) is 0 Å². The summed E-state index contributed by atoms with van der Waals surface area (Å²) in [6, 6.07) is 3.18. The second-order valence-corrected chi connectivity index (χ2v) is 17.0. The highest BCUT2D eigenvalue weighted by molar-refractivity contribution is 6.16. The smallest absolute Gasteiger partial charge is 0.307 e. The van der Waals surface area contributed by atoms with Crippen molar-refractivity contribution in [3.8, 4) is 11.5 Å². The minimum absolute atomic E-state index is 0.00726. The molecule has 16 heteroatoms. The van der Waals surface area contributed by atoms with Crippen molar-refractivity contribution in [3.63, 3.8) is 0 Å². The molecule has 1 aromatic heterocycles. The van der Waals surface area contributed by atoms with Gasteiger partial charge in [0.25, 0.3) is 5.91 Å². The van der Waals surface area contributed by atoms with Gasteiger partial charge in [0.05, 0.1) is 23.0 Å². The Morgan fingerprint density at radius 2 is 1.68 bits per heavy atom. The molecular weight excluding hydrogens is 813 g/mol. The van der Waals surface area contributed by atoms with E-state index < -0.39 is 46.3 Å². The van der Waals surface area contributed by atoms with Gasteiger partial charge in [-0.3, -0.25) is 24.1 Å². The molecular formula is C47H58N4O12. The summed E-state index contributed by atoms with van der Waals surface area (Å²) in [5.74, 6) is -3.72. The molecule has 3 N–H and O–H groups in total. The van der Waals surface area contributed by atoms with E-state index in [0.717, 1.165) is 19.6 Å². The summed E-state index contributed by atoms with van der Waals surface area (Å²) in [5, 5.41) is 26.1. The van der Waals surface area contributed by atoms with Gasteiger partial charge < -0.3 is 48.5 Å². The molecule has 2 aliphatic heterocycles. The second-order valence-electron chi connectivity index (χ2n) is 17.0. The van der Waals surface area contributed by atoms with Crippen molar-refractivity contribution in [1.29, 1.82) is 0 Å². The molecule has 0 radical (unpaired) electrons. The van der Waals surface area contributed by atoms with Crippen LogP contribution in [0.3, 0.4) is 0 Å². The number of allylic oxidation sites excluding steroid dienone is 2. The van der Waals surface area contributed by atoms with Crippen molar-refractivity contribution < 1.29 is 47.9 Å². The van der Waals surface area contributed by atoms with Gasteiger partial charge in [0.1, 0.15) is 22.7 Å². The Balaban J connectivity index is 1.54. The zero-order valence-corrected chi connectivity index (χ0v) is 37.8. The third kappa shape index (κ3) is 9.38. The number of hydrogen-bond acceptors (Lipinski definition) is 15. The number of amides is 1. The number of phenolic OH excluding ortho intramolecular Hbond substituents is 1. The Labute approximate surface area is 365 Å². The van der Waals surface area contributed by atoms with Gasteiger partial charge in [0.15, 0.2) is 22.4 Å². The topological polar surface area (TPSA) is 199 Å². The maximum Gasteiger partial charge on any atom is 0.307 e. The largest absolute Gasteiger partial charge is 0.507 e. The van der Waals surface area contributed by atoms with E-state index >= 15 is 0 Å². The number of nitrogens with zero attached hydrogens (tertiary/aromatic N) is 3. The summed E-state index contributed by atoms with van der Waals surface area (Å²) in [7, 11) is 2.98. The third-order valence-electron chi connectivity index (χ3n) is 11.4. The first-order valence-electron chi connectivity index (χ1n) is 21.1. The molecule has 0 aliphatic carbocycles. The van der Waals surface area contributed by atoms with E-state index in [1.165, 1.54) is 53.2 Å². The fourth-order valence-corrected chi connectivity index (χ4v) is 7.95. The molecule has 1 saturated heterocycles. The molecule has 338 valence electrons. The first-order chi connectivity index (χ1) is 29.8. The van der Waals surface area contributed by atoms with Crippen molar-refractivity contribution >= 4 is 62.0 Å². The Morgan fingerprint density at radius 3 is 2.30 bits per heavy atom. The van der Waals surface area contributed by atoms with Gasteiger partial charge in [-0.25, -0.2) is 4.98 Å². The van der Waals surface area contributed by atoms with Crippen LogP contribution in [0.15, 0.2) is 62.3 Å². The fraction of sp³-hybridized carbons (Fsp3) is 0.468. The highest BCUT2D eigenvalue weighted by atomic mass is 16.7. The molecule has 0 bridgehead atoms. The molecule has 0 saturated carbocycles. The molecule has 16 nitrogen and oxygen atoms in total. The number of anilines is 2. The Bertz CT molecular complexity index is 2700. The Kier molecular flexibility index (Phi) is 13.9. The Hall–Kier alpha value is -5.97. The van der Waals surface area contributed by atoms with E-state index in [1.54, 1.807) is 38.3 Å². The fourth-order valence-electron chi connectivity index (χ4n) is 7.95. The number of ether oxygens (including phenoxy) is 5. The first-order valence-corrected chi connectivity index (χ1v) is 21.1. The number of nitrogens with one attached hydrogen (secondary N) is 1. The predicted octanol–water partition coefficient (Wildman–Crippen LogP) is 5.95. The number of benzene rings is 3. The van der Waals surface area contributed by atoms with Crippen LogP contribution >= 0.6 is 0 Å². The van der Waals surface area contributed by atoms with E-state index in [0.29, 0.717) is 24.7 Å². The summed E-state index contributed by atoms with van der Waals surface area (Å²) < 4.78 is 34.7. The molecule has 1 amide bonds. The number of carbonyl (C=O) groups excluding carboxylic acids is 2. The highest BCUT2D eigenvalue weighted by Gasteiger charge is 2.43. The van der Waals surface area contributed by atoms with Crippen LogP contribution in [0.25, 0.3) is 38.7 Å². The number of aliphatic hydroxyl groups excluding tert-OH is 1. The maximum atomic E-state index is 14.8. The lowest BCUT2D eigenvalue weighted by Gasteiger charge is -2.36. The monoisotopic (exact) mass is 870 g/mol. The van der Waals surface area contributed by atoms with E-state index in [1.807, 2.05) is 13.8 Å². The minimum atomic E-state index is -1.83. The number of esters is 1. The first kappa shape index (κ1) is 46.5. The van der Waals surface area contributed by atoms with Crippen LogP contribution in [0.5, 0.6) is 11.5 Å². The quantitative estimate of drug-likeness (QED) is 0.0241. The summed E-state index contributed by atoms with van der Waals surface area (Å²) in [5.41, 5.74) is -1.10. The lowest BCUT2D eigenvalue weighted by atomic mass is 9.98. The second kappa shape index (κ2) is 18.8. The van der Waals surface area contributed by atoms with E-state index in [2.05, 4.69) is 29.0 Å². The molecule has 4 atom stereocenters. The maximum absolute atomic E-state index is 14.8. The number of methoxy groups -OCH3 is 2. The molecule has 63 heavy (non-hydrogen) atoms. The van der Waals surface area contributed by atoms with Crippen LogP contribution in [-0.2, 0) is 28.5 Å². The molecule has 3 heterocycles. The SMILES string of the molecule is COC(OC(C)=O)[C@@H](C)/C=C/C=C(/C)C(=O)Nc1c(=O)c2c(O)c(C)c3c(c2c2nc4c(=O)cc(N5CCN(CC(C)C)CC5)cc4oc12)=C(O)[C@@](C)(O/C=C/[C@H](OC)C(C)C)O3. The van der Waals surface area contributed by atoms with E-state index in [9.17, 15) is 29.4 Å². The predicted molar refractivity (Wildman–Crippen MR) is 241 cm³/mol. The number of rotatable bonds is 15. The van der Waals surface area contributed by atoms with Crippen LogP contribution < -0.4 is 31.0 Å². The number of aromatic nitrogens is 1. The van der Waals surface area contributed by atoms with Gasteiger partial charge in [0, 0.05) is 101 Å². The minimum Gasteiger partial charge on any atom is -0.507 e. The summed E-state index contributed by atoms with van der Waals surface area (Å²) in [4.78, 5) is 63.4. The number of aromatic hydroxyl groups is 1. The molecule has 0 spiro atoms. The number of aliphatic hydroxyl groups is 1. The molecule has 1 fully saturated rings. The van der Waals surface area contributed by atoms with E-state index in [4.69, 9.17) is 33.1 Å². The lowest BCUT2D eigenvalue weighted by molar-refractivity contribution is -0.177. The van der Waals surface area contributed by atoms with E-state index in [-0.39, 0.29) is 78.7 Å². The van der Waals surface area contributed by atoms with Crippen LogP contribution in [0.1, 0.15) is 61.0 Å². The van der Waals surface area contributed by atoms with Gasteiger partial charge in [-0.15, -0.1) is 0 Å². The van der Waals surface area contributed by atoms with Crippen molar-refractivity contribution in [1.82, 2.24) is 9.88 Å². The molecule has 1 unspecified atom stereocenters. The summed E-state index contributed by atoms with van der Waals surface area (Å²) in [6.07, 6.45) is 6.65. The van der Waals surface area contributed by atoms with Gasteiger partial charge in [-0.2, -0.15) is 0 Å². The zero-order valence-electron chi connectivity index (χ0n) is 37.8. The molecule has 4 aromatic rings.